The Hall–Kier alpha value is -0.450. The van der Waals surface area contributed by atoms with Gasteiger partial charge in [0.1, 0.15) is 11.4 Å². The summed E-state index contributed by atoms with van der Waals surface area (Å²) < 4.78 is 6.46. The molecular formula is C30H50O4. The van der Waals surface area contributed by atoms with Crippen molar-refractivity contribution in [3.63, 3.8) is 0 Å². The molecular weight excluding hydrogens is 424 g/mol. The van der Waals surface area contributed by atoms with Gasteiger partial charge in [0, 0.05) is 18.3 Å². The van der Waals surface area contributed by atoms with Crippen molar-refractivity contribution in [3.8, 4) is 0 Å². The molecule has 5 rings (SSSR count). The number of rotatable bonds is 2. The molecule has 5 aliphatic rings. The Morgan fingerprint density at radius 3 is 2.06 bits per heavy atom. The molecule has 0 aromatic carbocycles. The van der Waals surface area contributed by atoms with Crippen molar-refractivity contribution in [1.29, 1.82) is 0 Å². The molecule has 1 aliphatic heterocycles. The highest BCUT2D eigenvalue weighted by Gasteiger charge is 2.70. The van der Waals surface area contributed by atoms with Crippen molar-refractivity contribution in [2.24, 2.45) is 45.3 Å². The van der Waals surface area contributed by atoms with Crippen LogP contribution in [0.15, 0.2) is 0 Å². The van der Waals surface area contributed by atoms with Crippen LogP contribution in [-0.4, -0.2) is 33.0 Å². The molecule has 194 valence electrons. The first kappa shape index (κ1) is 25.2. The van der Waals surface area contributed by atoms with Crippen molar-refractivity contribution in [3.05, 3.63) is 0 Å². The van der Waals surface area contributed by atoms with Gasteiger partial charge in [-0.2, -0.15) is 0 Å². The first-order valence-electron chi connectivity index (χ1n) is 14.1. The zero-order chi connectivity index (χ0) is 25.2. The molecule has 0 aromatic rings. The van der Waals surface area contributed by atoms with Crippen molar-refractivity contribution in [1.82, 2.24) is 0 Å². The molecule has 1 saturated heterocycles. The number of Topliss-reactive ketones (excluding diaryl/α,β-unsaturated/α-hetero) is 1. The molecule has 4 aliphatic carbocycles. The summed E-state index contributed by atoms with van der Waals surface area (Å²) in [6.45, 7) is 17.7. The van der Waals surface area contributed by atoms with Crippen LogP contribution in [0.3, 0.4) is 0 Å². The van der Waals surface area contributed by atoms with E-state index in [0.29, 0.717) is 35.9 Å². The number of hydrogen-bond donors (Lipinski definition) is 2. The normalized spacial score (nSPS) is 54.9. The summed E-state index contributed by atoms with van der Waals surface area (Å²) in [5.74, 6) is 1.17. The molecule has 0 radical (unpaired) electrons. The van der Waals surface area contributed by atoms with Gasteiger partial charge in [-0.15, -0.1) is 0 Å². The Labute approximate surface area is 207 Å². The van der Waals surface area contributed by atoms with Gasteiger partial charge in [0.05, 0.1) is 5.60 Å². The lowest BCUT2D eigenvalue weighted by atomic mass is 9.35. The van der Waals surface area contributed by atoms with Gasteiger partial charge in [-0.25, -0.2) is 0 Å². The van der Waals surface area contributed by atoms with Gasteiger partial charge < -0.3 is 14.9 Å². The lowest BCUT2D eigenvalue weighted by molar-refractivity contribution is -0.306. The number of fused-ring (bicyclic) bond motifs is 5. The van der Waals surface area contributed by atoms with E-state index in [1.807, 2.05) is 0 Å². The van der Waals surface area contributed by atoms with Crippen LogP contribution in [0.2, 0.25) is 0 Å². The molecule has 2 N–H and O–H groups in total. The molecule has 34 heavy (non-hydrogen) atoms. The van der Waals surface area contributed by atoms with Gasteiger partial charge in [-0.05, 0) is 112 Å². The summed E-state index contributed by atoms with van der Waals surface area (Å²) in [6.07, 6.45) is 10.3. The quantitative estimate of drug-likeness (QED) is 0.495. The van der Waals surface area contributed by atoms with Gasteiger partial charge in [0.25, 0.3) is 0 Å². The van der Waals surface area contributed by atoms with Gasteiger partial charge >= 0.3 is 0 Å². The number of ketones is 1. The van der Waals surface area contributed by atoms with Crippen LogP contribution < -0.4 is 0 Å². The van der Waals surface area contributed by atoms with Crippen LogP contribution in [0.5, 0.6) is 0 Å². The van der Waals surface area contributed by atoms with Crippen LogP contribution in [-0.2, 0) is 9.53 Å². The van der Waals surface area contributed by atoms with Gasteiger partial charge in [0.15, 0.2) is 5.79 Å². The van der Waals surface area contributed by atoms with Crippen molar-refractivity contribution >= 4 is 5.78 Å². The predicted octanol–water partition coefficient (Wildman–Crippen LogP) is 6.27. The van der Waals surface area contributed by atoms with Gasteiger partial charge in [0.2, 0.25) is 0 Å². The van der Waals surface area contributed by atoms with E-state index in [1.165, 1.54) is 32.1 Å². The Morgan fingerprint density at radius 2 is 1.44 bits per heavy atom. The summed E-state index contributed by atoms with van der Waals surface area (Å²) in [6, 6.07) is 0. The number of hydrogen-bond acceptors (Lipinski definition) is 4. The van der Waals surface area contributed by atoms with E-state index in [0.717, 1.165) is 25.7 Å². The number of ether oxygens (including phenoxy) is 1. The summed E-state index contributed by atoms with van der Waals surface area (Å²) >= 11 is 0. The second kappa shape index (κ2) is 7.10. The van der Waals surface area contributed by atoms with Crippen LogP contribution in [0.1, 0.15) is 120 Å². The number of carbonyl (C=O) groups is 1. The maximum absolute atomic E-state index is 12.9. The van der Waals surface area contributed by atoms with E-state index in [9.17, 15) is 15.0 Å². The lowest BCUT2D eigenvalue weighted by Gasteiger charge is -2.69. The molecule has 0 amide bonds. The van der Waals surface area contributed by atoms with E-state index >= 15 is 0 Å². The molecule has 0 unspecified atom stereocenters. The predicted molar refractivity (Wildman–Crippen MR) is 134 cm³/mol. The topological polar surface area (TPSA) is 66.8 Å². The third-order valence-electron chi connectivity index (χ3n) is 13.2. The fourth-order valence-electron chi connectivity index (χ4n) is 10.9. The van der Waals surface area contributed by atoms with E-state index in [2.05, 4.69) is 41.5 Å². The largest absolute Gasteiger partial charge is 0.385 e. The van der Waals surface area contributed by atoms with Gasteiger partial charge in [-0.3, -0.25) is 4.79 Å². The maximum atomic E-state index is 12.9. The zero-order valence-electron chi connectivity index (χ0n) is 23.1. The smallest absolute Gasteiger partial charge is 0.194 e. The van der Waals surface area contributed by atoms with Crippen LogP contribution in [0.4, 0.5) is 0 Å². The van der Waals surface area contributed by atoms with Crippen LogP contribution >= 0.6 is 0 Å². The maximum Gasteiger partial charge on any atom is 0.194 e. The summed E-state index contributed by atoms with van der Waals surface area (Å²) in [5, 5.41) is 21.8. The van der Waals surface area contributed by atoms with Crippen molar-refractivity contribution < 1.29 is 19.7 Å². The Kier molecular flexibility index (Phi) is 5.26. The summed E-state index contributed by atoms with van der Waals surface area (Å²) in [4.78, 5) is 12.9. The number of aliphatic hydroxyl groups is 2. The molecule has 0 spiro atoms. The monoisotopic (exact) mass is 474 g/mol. The highest BCUT2D eigenvalue weighted by molar-refractivity contribution is 5.85. The second-order valence-electron chi connectivity index (χ2n) is 15.2. The first-order valence-corrected chi connectivity index (χ1v) is 14.1. The average molecular weight is 475 g/mol. The highest BCUT2D eigenvalue weighted by atomic mass is 16.7. The molecule has 0 aromatic heterocycles. The highest BCUT2D eigenvalue weighted by Crippen LogP contribution is 2.76. The molecule has 9 atom stereocenters. The molecule has 1 heterocycles. The molecule has 5 fully saturated rings. The fraction of sp³-hybridized carbons (Fsp3) is 0.967. The van der Waals surface area contributed by atoms with Crippen LogP contribution in [0, 0.1) is 45.3 Å². The van der Waals surface area contributed by atoms with E-state index in [1.54, 1.807) is 13.8 Å². The lowest BCUT2D eigenvalue weighted by Crippen LogP contribution is -2.63. The minimum Gasteiger partial charge on any atom is -0.385 e. The Bertz CT molecular complexity index is 874. The Morgan fingerprint density at radius 1 is 0.794 bits per heavy atom. The average Bonchev–Trinajstić information content (AvgIpc) is 3.24. The molecule has 0 bridgehead atoms. The van der Waals surface area contributed by atoms with Crippen LogP contribution in [0.25, 0.3) is 0 Å². The third-order valence-corrected chi connectivity index (χ3v) is 13.2. The molecule has 4 heteroatoms. The van der Waals surface area contributed by atoms with E-state index in [-0.39, 0.29) is 27.3 Å². The van der Waals surface area contributed by atoms with E-state index in [4.69, 9.17) is 4.74 Å². The SMILES string of the molecule is CC1(C)C(=O)CC[C@@]2(C)[C@H]1CC[C@]1(C)[C@H]2CC[C@@H]2[C@@H]([C@]3(C)CC[C@@](O)(C(C)(C)O)O3)CC[C@]21C. The first-order chi connectivity index (χ1) is 15.4. The van der Waals surface area contributed by atoms with Gasteiger partial charge in [-0.1, -0.05) is 34.6 Å². The summed E-state index contributed by atoms with van der Waals surface area (Å²) in [5.41, 5.74) is -1.09. The third kappa shape index (κ3) is 2.97. The molecule has 4 nitrogen and oxygen atoms in total. The molecule has 4 saturated carbocycles. The minimum atomic E-state index is -1.46. The Balaban J connectivity index is 1.46. The fourth-order valence-corrected chi connectivity index (χ4v) is 10.9. The standard InChI is InChI=1S/C30H50O4/c1-24(2)21-12-16-28(7)22(26(21,5)14-13-23(24)31)10-9-19-20(11-15-27(19,28)6)29(8)17-18-30(33,34-29)25(3,4)32/h19-22,32-33H,9-18H2,1-8H3/t19-,20+,21+,22+,26+,27-,28-,29+,30+/m1/s1. The second-order valence-corrected chi connectivity index (χ2v) is 15.2. The van der Waals surface area contributed by atoms with E-state index < -0.39 is 11.4 Å². The minimum absolute atomic E-state index is 0.197. The zero-order valence-corrected chi connectivity index (χ0v) is 23.1. The van der Waals surface area contributed by atoms with Crippen molar-refractivity contribution in [2.75, 3.05) is 0 Å². The van der Waals surface area contributed by atoms with Crippen molar-refractivity contribution in [2.45, 2.75) is 137 Å². The number of carbonyl (C=O) groups excluding carboxylic acids is 1. The summed E-state index contributed by atoms with van der Waals surface area (Å²) in [7, 11) is 0.